The molecule has 25 heavy (non-hydrogen) atoms. The van der Waals surface area contributed by atoms with Gasteiger partial charge < -0.3 is 5.32 Å². The Labute approximate surface area is 151 Å². The predicted molar refractivity (Wildman–Crippen MR) is 104 cm³/mol. The fourth-order valence-corrected chi connectivity index (χ4v) is 2.73. The highest BCUT2D eigenvalue weighted by molar-refractivity contribution is 6.31. The lowest BCUT2D eigenvalue weighted by Crippen LogP contribution is -2.26. The normalized spacial score (nSPS) is 11.0. The van der Waals surface area contributed by atoms with Crippen LogP contribution in [0, 0.1) is 6.92 Å². The van der Waals surface area contributed by atoms with Crippen molar-refractivity contribution in [2.45, 2.75) is 6.92 Å². The van der Waals surface area contributed by atoms with E-state index >= 15 is 0 Å². The molecule has 3 aromatic rings. The number of rotatable bonds is 5. The Kier molecular flexibility index (Phi) is 5.31. The molecule has 0 unspecified atom stereocenters. The van der Waals surface area contributed by atoms with Crippen LogP contribution in [0.5, 0.6) is 0 Å². The standard InChI is InChI=1S/C20H18ClN3O/c1-14-18(21)10-5-11-19(14)22-13-20(25)24-23-12-16-8-4-7-15-6-2-3-9-17(15)16/h2-12,22H,13H2,1H3,(H,24,25)/b23-12+. The van der Waals surface area contributed by atoms with E-state index in [2.05, 4.69) is 15.8 Å². The summed E-state index contributed by atoms with van der Waals surface area (Å²) in [5.41, 5.74) is 5.24. The van der Waals surface area contributed by atoms with Crippen LogP contribution in [-0.2, 0) is 4.79 Å². The van der Waals surface area contributed by atoms with Gasteiger partial charge in [0.2, 0.25) is 0 Å². The quantitative estimate of drug-likeness (QED) is 0.530. The molecule has 0 heterocycles. The van der Waals surface area contributed by atoms with Gasteiger partial charge in [-0.15, -0.1) is 0 Å². The van der Waals surface area contributed by atoms with Crippen LogP contribution in [0.15, 0.2) is 65.8 Å². The third-order valence-corrected chi connectivity index (χ3v) is 4.33. The van der Waals surface area contributed by atoms with Crippen molar-refractivity contribution in [2.75, 3.05) is 11.9 Å². The molecule has 0 saturated carbocycles. The zero-order chi connectivity index (χ0) is 17.6. The van der Waals surface area contributed by atoms with Gasteiger partial charge in [0.25, 0.3) is 5.91 Å². The summed E-state index contributed by atoms with van der Waals surface area (Å²) >= 11 is 6.06. The summed E-state index contributed by atoms with van der Waals surface area (Å²) in [6.07, 6.45) is 1.66. The smallest absolute Gasteiger partial charge is 0.259 e. The van der Waals surface area contributed by atoms with Gasteiger partial charge in [-0.05, 0) is 35.4 Å². The van der Waals surface area contributed by atoms with Gasteiger partial charge in [-0.2, -0.15) is 5.10 Å². The first-order valence-corrected chi connectivity index (χ1v) is 8.31. The third kappa shape index (κ3) is 4.17. The van der Waals surface area contributed by atoms with E-state index in [0.717, 1.165) is 27.6 Å². The number of carbonyl (C=O) groups excluding carboxylic acids is 1. The molecule has 126 valence electrons. The average molecular weight is 352 g/mol. The molecule has 1 amide bonds. The zero-order valence-electron chi connectivity index (χ0n) is 13.8. The van der Waals surface area contributed by atoms with Gasteiger partial charge in [0.1, 0.15) is 0 Å². The molecule has 2 N–H and O–H groups in total. The molecule has 4 nitrogen and oxygen atoms in total. The summed E-state index contributed by atoms with van der Waals surface area (Å²) in [6, 6.07) is 19.6. The number of nitrogens with zero attached hydrogens (tertiary/aromatic N) is 1. The summed E-state index contributed by atoms with van der Waals surface area (Å²) in [4.78, 5) is 11.9. The molecule has 0 saturated heterocycles. The highest BCUT2D eigenvalue weighted by atomic mass is 35.5. The minimum absolute atomic E-state index is 0.119. The zero-order valence-corrected chi connectivity index (χ0v) is 14.5. The van der Waals surface area contributed by atoms with Gasteiger partial charge in [0, 0.05) is 16.3 Å². The molecule has 5 heteroatoms. The largest absolute Gasteiger partial charge is 0.376 e. The van der Waals surface area contributed by atoms with Crippen LogP contribution in [0.4, 0.5) is 5.69 Å². The number of hydrogen-bond donors (Lipinski definition) is 2. The average Bonchev–Trinajstić information content (AvgIpc) is 2.63. The van der Waals surface area contributed by atoms with Crippen molar-refractivity contribution in [3.8, 4) is 0 Å². The molecule has 0 aromatic heterocycles. The molecule has 0 bridgehead atoms. The van der Waals surface area contributed by atoms with Crippen LogP contribution in [0.25, 0.3) is 10.8 Å². The first-order valence-electron chi connectivity index (χ1n) is 7.94. The molecule has 3 aromatic carbocycles. The first kappa shape index (κ1) is 17.0. The first-order chi connectivity index (χ1) is 12.1. The van der Waals surface area contributed by atoms with Gasteiger partial charge in [-0.1, -0.05) is 60.1 Å². The van der Waals surface area contributed by atoms with E-state index in [0.29, 0.717) is 5.02 Å². The van der Waals surface area contributed by atoms with Crippen LogP contribution in [0.1, 0.15) is 11.1 Å². The molecule has 0 fully saturated rings. The maximum atomic E-state index is 11.9. The van der Waals surface area contributed by atoms with Gasteiger partial charge in [-0.25, -0.2) is 5.43 Å². The van der Waals surface area contributed by atoms with E-state index in [4.69, 9.17) is 11.6 Å². The lowest BCUT2D eigenvalue weighted by Gasteiger charge is -2.09. The molecule has 0 aliphatic carbocycles. The Bertz CT molecular complexity index is 932. The van der Waals surface area contributed by atoms with Crippen molar-refractivity contribution < 1.29 is 4.79 Å². The van der Waals surface area contributed by atoms with Gasteiger partial charge in [0.05, 0.1) is 12.8 Å². The van der Waals surface area contributed by atoms with E-state index in [9.17, 15) is 4.79 Å². The second-order valence-electron chi connectivity index (χ2n) is 5.63. The summed E-state index contributed by atoms with van der Waals surface area (Å²) < 4.78 is 0. The number of halogens is 1. The molecule has 0 aliphatic heterocycles. The summed E-state index contributed by atoms with van der Waals surface area (Å²) in [7, 11) is 0. The molecule has 0 aliphatic rings. The summed E-state index contributed by atoms with van der Waals surface area (Å²) in [5.74, 6) is -0.226. The van der Waals surface area contributed by atoms with Gasteiger partial charge >= 0.3 is 0 Å². The highest BCUT2D eigenvalue weighted by Crippen LogP contribution is 2.22. The Morgan fingerprint density at radius 3 is 2.72 bits per heavy atom. The maximum absolute atomic E-state index is 11.9. The molecular weight excluding hydrogens is 334 g/mol. The van der Waals surface area contributed by atoms with Crippen LogP contribution < -0.4 is 10.7 Å². The van der Waals surface area contributed by atoms with Crippen molar-refractivity contribution in [3.05, 3.63) is 76.8 Å². The van der Waals surface area contributed by atoms with E-state index in [-0.39, 0.29) is 12.5 Å². The van der Waals surface area contributed by atoms with Crippen molar-refractivity contribution in [2.24, 2.45) is 5.10 Å². The van der Waals surface area contributed by atoms with Crippen LogP contribution in [0.2, 0.25) is 5.02 Å². The Morgan fingerprint density at radius 1 is 1.08 bits per heavy atom. The molecule has 3 rings (SSSR count). The number of amides is 1. The van der Waals surface area contributed by atoms with Crippen molar-refractivity contribution in [3.63, 3.8) is 0 Å². The number of anilines is 1. The van der Waals surface area contributed by atoms with E-state index in [1.165, 1.54) is 0 Å². The minimum Gasteiger partial charge on any atom is -0.376 e. The van der Waals surface area contributed by atoms with E-state index < -0.39 is 0 Å². The monoisotopic (exact) mass is 351 g/mol. The van der Waals surface area contributed by atoms with E-state index in [1.807, 2.05) is 67.6 Å². The summed E-state index contributed by atoms with van der Waals surface area (Å²) in [6.45, 7) is 2.02. The predicted octanol–water partition coefficient (Wildman–Crippen LogP) is 4.36. The highest BCUT2D eigenvalue weighted by Gasteiger charge is 2.04. The maximum Gasteiger partial charge on any atom is 0.259 e. The third-order valence-electron chi connectivity index (χ3n) is 3.92. The number of hydrogen-bond acceptors (Lipinski definition) is 3. The molecule has 0 spiro atoms. The van der Waals surface area contributed by atoms with Crippen LogP contribution in [-0.4, -0.2) is 18.7 Å². The van der Waals surface area contributed by atoms with Gasteiger partial charge in [-0.3, -0.25) is 4.79 Å². The lowest BCUT2D eigenvalue weighted by molar-refractivity contribution is -0.119. The fourth-order valence-electron chi connectivity index (χ4n) is 2.55. The number of benzene rings is 3. The van der Waals surface area contributed by atoms with Crippen molar-refractivity contribution in [1.29, 1.82) is 0 Å². The van der Waals surface area contributed by atoms with Crippen molar-refractivity contribution >= 4 is 40.2 Å². The van der Waals surface area contributed by atoms with E-state index in [1.54, 1.807) is 6.21 Å². The van der Waals surface area contributed by atoms with Crippen LogP contribution >= 0.6 is 11.6 Å². The molecular formula is C20H18ClN3O. The lowest BCUT2D eigenvalue weighted by atomic mass is 10.1. The number of nitrogens with one attached hydrogen (secondary N) is 2. The molecule has 0 atom stereocenters. The Morgan fingerprint density at radius 2 is 1.84 bits per heavy atom. The summed E-state index contributed by atoms with van der Waals surface area (Å²) in [5, 5.41) is 10.0. The fraction of sp³-hybridized carbons (Fsp3) is 0.100. The number of fused-ring (bicyclic) bond motifs is 1. The SMILES string of the molecule is Cc1c(Cl)cccc1NCC(=O)N/N=C/c1cccc2ccccc12. The minimum atomic E-state index is -0.226. The topological polar surface area (TPSA) is 53.5 Å². The van der Waals surface area contributed by atoms with Crippen LogP contribution in [0.3, 0.4) is 0 Å². The second-order valence-corrected chi connectivity index (χ2v) is 6.03. The second kappa shape index (κ2) is 7.81. The Hall–Kier alpha value is -2.85. The Balaban J connectivity index is 1.60. The van der Waals surface area contributed by atoms with Crippen molar-refractivity contribution in [1.82, 2.24) is 5.43 Å². The number of hydrazone groups is 1. The number of carbonyl (C=O) groups is 1. The van der Waals surface area contributed by atoms with Gasteiger partial charge in [0.15, 0.2) is 0 Å². The molecule has 0 radical (unpaired) electrons.